The minimum Gasteiger partial charge on any atom is -0.414 e. The van der Waals surface area contributed by atoms with E-state index in [9.17, 15) is 5.11 Å². The molecule has 4 rings (SSSR count). The highest BCUT2D eigenvalue weighted by Gasteiger charge is 2.44. The lowest BCUT2D eigenvalue weighted by Gasteiger charge is -2.42. The van der Waals surface area contributed by atoms with E-state index in [1.54, 1.807) is 0 Å². The summed E-state index contributed by atoms with van der Waals surface area (Å²) in [4.78, 5) is 0. The number of aliphatic hydroxyl groups excluding tert-OH is 1. The van der Waals surface area contributed by atoms with Crippen molar-refractivity contribution in [1.29, 1.82) is 0 Å². The molecule has 0 bridgehead atoms. The molecule has 0 amide bonds. The highest BCUT2D eigenvalue weighted by Crippen LogP contribution is 2.37. The van der Waals surface area contributed by atoms with Crippen molar-refractivity contribution in [2.75, 3.05) is 13.2 Å². The third-order valence-electron chi connectivity index (χ3n) is 7.85. The Hall–Kier alpha value is -2.36. The molecule has 0 aliphatic carbocycles. The van der Waals surface area contributed by atoms with Crippen LogP contribution in [-0.2, 0) is 36.6 Å². The maximum absolute atomic E-state index is 11.2. The van der Waals surface area contributed by atoms with E-state index in [4.69, 9.17) is 23.4 Å². The Morgan fingerprint density at radius 2 is 1.35 bits per heavy atom. The van der Waals surface area contributed by atoms with Gasteiger partial charge in [-0.2, -0.15) is 0 Å². The van der Waals surface area contributed by atoms with E-state index in [0.29, 0.717) is 19.8 Å². The van der Waals surface area contributed by atoms with Crippen LogP contribution in [0.2, 0.25) is 18.1 Å². The molecule has 1 aliphatic heterocycles. The largest absolute Gasteiger partial charge is 0.414 e. The van der Waals surface area contributed by atoms with E-state index in [-0.39, 0.29) is 11.6 Å². The second-order valence-corrected chi connectivity index (χ2v) is 16.7. The standard InChI is InChI=1S/C33H44O6Si/c1-33(2,3)40(4,5)38-24-29(35-21-25-15-9-6-10-16-25)31(36-22-26-17-11-7-12-18-26)30-28(34)23-37-32(39-30)27-19-13-8-14-20-27/h6-20,28-32,34H,21-24H2,1-5H3/t28-,29-,30-,31-,32?/m1/s1. The van der Waals surface area contributed by atoms with Crippen LogP contribution in [0.3, 0.4) is 0 Å². The first-order chi connectivity index (χ1) is 19.1. The highest BCUT2D eigenvalue weighted by atomic mass is 28.4. The molecule has 1 heterocycles. The van der Waals surface area contributed by atoms with Crippen molar-refractivity contribution in [1.82, 2.24) is 0 Å². The lowest BCUT2D eigenvalue weighted by Crippen LogP contribution is -2.55. The van der Waals surface area contributed by atoms with Gasteiger partial charge in [0.25, 0.3) is 0 Å². The molecule has 0 spiro atoms. The van der Waals surface area contributed by atoms with Crippen LogP contribution in [0.4, 0.5) is 0 Å². The molecule has 1 unspecified atom stereocenters. The minimum absolute atomic E-state index is 0.0322. The molecular weight excluding hydrogens is 520 g/mol. The van der Waals surface area contributed by atoms with Crippen LogP contribution < -0.4 is 0 Å². The normalized spacial score (nSPS) is 21.6. The highest BCUT2D eigenvalue weighted by molar-refractivity contribution is 6.74. The summed E-state index contributed by atoms with van der Waals surface area (Å²) in [5.41, 5.74) is 2.97. The average Bonchev–Trinajstić information content (AvgIpc) is 2.95. The first kappa shape index (κ1) is 30.6. The maximum Gasteiger partial charge on any atom is 0.192 e. The number of hydrogen-bond acceptors (Lipinski definition) is 6. The Morgan fingerprint density at radius 1 is 0.825 bits per heavy atom. The number of ether oxygens (including phenoxy) is 4. The van der Waals surface area contributed by atoms with E-state index in [0.717, 1.165) is 16.7 Å². The number of hydrogen-bond donors (Lipinski definition) is 1. The van der Waals surface area contributed by atoms with Crippen molar-refractivity contribution in [2.45, 2.75) is 82.8 Å². The zero-order valence-corrected chi connectivity index (χ0v) is 25.4. The number of benzene rings is 3. The molecule has 40 heavy (non-hydrogen) atoms. The summed E-state index contributed by atoms with van der Waals surface area (Å²) >= 11 is 0. The van der Waals surface area contributed by atoms with E-state index in [1.807, 2.05) is 91.0 Å². The minimum atomic E-state index is -2.10. The van der Waals surface area contributed by atoms with Crippen molar-refractivity contribution < 1.29 is 28.5 Å². The van der Waals surface area contributed by atoms with Gasteiger partial charge in [0.2, 0.25) is 0 Å². The third-order valence-corrected chi connectivity index (χ3v) is 12.3. The fourth-order valence-corrected chi connectivity index (χ4v) is 5.35. The van der Waals surface area contributed by atoms with Crippen molar-refractivity contribution in [3.05, 3.63) is 108 Å². The van der Waals surface area contributed by atoms with Gasteiger partial charge in [0.15, 0.2) is 14.6 Å². The summed E-state index contributed by atoms with van der Waals surface area (Å²) in [5.74, 6) is 0. The number of aliphatic hydroxyl groups is 1. The van der Waals surface area contributed by atoms with E-state index < -0.39 is 39.0 Å². The van der Waals surface area contributed by atoms with Crippen LogP contribution in [0.5, 0.6) is 0 Å². The molecule has 1 aliphatic rings. The predicted octanol–water partition coefficient (Wildman–Crippen LogP) is 6.65. The van der Waals surface area contributed by atoms with Gasteiger partial charge in [-0.05, 0) is 29.3 Å². The summed E-state index contributed by atoms with van der Waals surface area (Å²) in [6.45, 7) is 12.3. The summed E-state index contributed by atoms with van der Waals surface area (Å²) < 4.78 is 32.2. The monoisotopic (exact) mass is 564 g/mol. The third kappa shape index (κ3) is 8.33. The second kappa shape index (κ2) is 14.0. The fraction of sp³-hybridized carbons (Fsp3) is 0.455. The van der Waals surface area contributed by atoms with Gasteiger partial charge in [-0.15, -0.1) is 0 Å². The summed E-state index contributed by atoms with van der Waals surface area (Å²) in [7, 11) is -2.10. The Labute approximate surface area is 240 Å². The summed E-state index contributed by atoms with van der Waals surface area (Å²) in [5, 5.41) is 11.2. The molecule has 1 N–H and O–H groups in total. The molecule has 3 aromatic rings. The van der Waals surface area contributed by atoms with E-state index >= 15 is 0 Å². The van der Waals surface area contributed by atoms with Gasteiger partial charge < -0.3 is 28.5 Å². The van der Waals surface area contributed by atoms with Crippen LogP contribution in [0.25, 0.3) is 0 Å². The Kier molecular flexibility index (Phi) is 10.7. The van der Waals surface area contributed by atoms with Crippen LogP contribution in [0.15, 0.2) is 91.0 Å². The van der Waals surface area contributed by atoms with Gasteiger partial charge in [-0.1, -0.05) is 112 Å². The molecule has 1 fully saturated rings. The fourth-order valence-electron chi connectivity index (χ4n) is 4.34. The molecule has 216 valence electrons. The molecule has 3 aromatic carbocycles. The van der Waals surface area contributed by atoms with Crippen molar-refractivity contribution >= 4 is 8.32 Å². The average molecular weight is 565 g/mol. The molecule has 1 saturated heterocycles. The smallest absolute Gasteiger partial charge is 0.192 e. The van der Waals surface area contributed by atoms with Gasteiger partial charge in [-0.3, -0.25) is 0 Å². The predicted molar refractivity (Wildman–Crippen MR) is 159 cm³/mol. The van der Waals surface area contributed by atoms with Gasteiger partial charge in [0.05, 0.1) is 26.4 Å². The maximum atomic E-state index is 11.2. The Balaban J connectivity index is 1.63. The van der Waals surface area contributed by atoms with Crippen LogP contribution in [0, 0.1) is 0 Å². The van der Waals surface area contributed by atoms with Gasteiger partial charge >= 0.3 is 0 Å². The topological polar surface area (TPSA) is 66.4 Å². The van der Waals surface area contributed by atoms with Gasteiger partial charge in [0.1, 0.15) is 24.4 Å². The lowest BCUT2D eigenvalue weighted by molar-refractivity contribution is -0.293. The molecule has 6 nitrogen and oxygen atoms in total. The van der Waals surface area contributed by atoms with Crippen molar-refractivity contribution in [3.63, 3.8) is 0 Å². The van der Waals surface area contributed by atoms with Crippen molar-refractivity contribution in [2.24, 2.45) is 0 Å². The SMILES string of the molecule is CC(C)(C)[Si](C)(C)OC[C@@H](OCc1ccccc1)[C@@H](OCc1ccccc1)[C@@H]1OC(c2ccccc2)OC[C@H]1O. The molecular formula is C33H44O6Si. The lowest BCUT2D eigenvalue weighted by atomic mass is 10.0. The van der Waals surface area contributed by atoms with E-state index in [2.05, 4.69) is 33.9 Å². The Bertz CT molecular complexity index is 1140. The zero-order chi connectivity index (χ0) is 28.6. The first-order valence-corrected chi connectivity index (χ1v) is 17.0. The number of rotatable bonds is 12. The molecule has 7 heteroatoms. The van der Waals surface area contributed by atoms with Gasteiger partial charge in [0, 0.05) is 5.56 Å². The van der Waals surface area contributed by atoms with Crippen LogP contribution in [-0.4, -0.2) is 51.1 Å². The van der Waals surface area contributed by atoms with Crippen LogP contribution in [0.1, 0.15) is 43.8 Å². The quantitative estimate of drug-likeness (QED) is 0.248. The molecule has 0 radical (unpaired) electrons. The Morgan fingerprint density at radius 3 is 1.90 bits per heavy atom. The van der Waals surface area contributed by atoms with Gasteiger partial charge in [-0.25, -0.2) is 0 Å². The molecule has 0 saturated carbocycles. The zero-order valence-electron chi connectivity index (χ0n) is 24.4. The van der Waals surface area contributed by atoms with E-state index in [1.165, 1.54) is 0 Å². The molecule has 5 atom stereocenters. The summed E-state index contributed by atoms with van der Waals surface area (Å²) in [6, 6.07) is 29.8. The van der Waals surface area contributed by atoms with Crippen LogP contribution >= 0.6 is 0 Å². The summed E-state index contributed by atoms with van der Waals surface area (Å²) in [6.07, 6.45) is -3.30. The first-order valence-electron chi connectivity index (χ1n) is 14.1. The molecule has 0 aromatic heterocycles. The van der Waals surface area contributed by atoms with Crippen molar-refractivity contribution in [3.8, 4) is 0 Å². The second-order valence-electron chi connectivity index (χ2n) is 11.9.